The number of nitrogens with two attached hydrogens (primary N) is 1. The van der Waals surface area contributed by atoms with Crippen LogP contribution in [0.2, 0.25) is 0 Å². The lowest BCUT2D eigenvalue weighted by Gasteiger charge is -2.37. The molecule has 1 saturated heterocycles. The van der Waals surface area contributed by atoms with E-state index in [1.165, 1.54) is 12.8 Å². The fraction of sp³-hybridized carbons (Fsp3) is 1.00. The number of nitrogens with zero attached hydrogens (tertiary/aromatic N) is 1. The summed E-state index contributed by atoms with van der Waals surface area (Å²) in [5, 5.41) is 0. The van der Waals surface area contributed by atoms with E-state index in [2.05, 4.69) is 18.7 Å². The largest absolute Gasteiger partial charge is 0.380 e. The molecular formula is C10H22N2O. The molecule has 2 N–H and O–H groups in total. The van der Waals surface area contributed by atoms with E-state index < -0.39 is 0 Å². The molecule has 0 aliphatic carbocycles. The van der Waals surface area contributed by atoms with Gasteiger partial charge in [-0.1, -0.05) is 6.92 Å². The van der Waals surface area contributed by atoms with Crippen LogP contribution in [0.4, 0.5) is 0 Å². The van der Waals surface area contributed by atoms with Gasteiger partial charge in [-0.25, -0.2) is 0 Å². The van der Waals surface area contributed by atoms with E-state index in [1.54, 1.807) is 0 Å². The highest BCUT2D eigenvalue weighted by Crippen LogP contribution is 2.15. The lowest BCUT2D eigenvalue weighted by molar-refractivity contribution is 0.00663. The molecule has 1 aliphatic heterocycles. The van der Waals surface area contributed by atoms with E-state index in [4.69, 9.17) is 10.5 Å². The van der Waals surface area contributed by atoms with Crippen LogP contribution >= 0.6 is 0 Å². The molecule has 0 aromatic heterocycles. The van der Waals surface area contributed by atoms with Gasteiger partial charge in [0.15, 0.2) is 0 Å². The molecule has 1 aliphatic rings. The Labute approximate surface area is 81.2 Å². The highest BCUT2D eigenvalue weighted by molar-refractivity contribution is 4.78. The summed E-state index contributed by atoms with van der Waals surface area (Å²) < 4.78 is 5.48. The van der Waals surface area contributed by atoms with E-state index in [0.29, 0.717) is 12.1 Å². The maximum Gasteiger partial charge on any atom is 0.0621 e. The second-order valence-corrected chi connectivity index (χ2v) is 3.79. The summed E-state index contributed by atoms with van der Waals surface area (Å²) in [7, 11) is 0. The summed E-state index contributed by atoms with van der Waals surface area (Å²) in [4.78, 5) is 2.46. The number of ether oxygens (including phenoxy) is 1. The lowest BCUT2D eigenvalue weighted by Crippen LogP contribution is -2.48. The van der Waals surface area contributed by atoms with Crippen LogP contribution in [-0.2, 0) is 4.74 Å². The van der Waals surface area contributed by atoms with Gasteiger partial charge in [0.25, 0.3) is 0 Å². The maximum absolute atomic E-state index is 5.67. The molecule has 3 heteroatoms. The van der Waals surface area contributed by atoms with Gasteiger partial charge in [0.2, 0.25) is 0 Å². The van der Waals surface area contributed by atoms with E-state index in [1.807, 2.05) is 0 Å². The van der Waals surface area contributed by atoms with Crippen LogP contribution < -0.4 is 5.73 Å². The molecule has 0 saturated carbocycles. The normalized spacial score (nSPS) is 26.3. The van der Waals surface area contributed by atoms with Crippen molar-refractivity contribution in [3.05, 3.63) is 0 Å². The zero-order valence-corrected chi connectivity index (χ0v) is 8.83. The van der Waals surface area contributed by atoms with Crippen LogP contribution in [0.25, 0.3) is 0 Å². The van der Waals surface area contributed by atoms with Crippen LogP contribution in [0, 0.1) is 0 Å². The molecule has 1 heterocycles. The van der Waals surface area contributed by atoms with E-state index in [9.17, 15) is 0 Å². The molecule has 0 bridgehead atoms. The van der Waals surface area contributed by atoms with Gasteiger partial charge in [-0.05, 0) is 26.3 Å². The number of likely N-dealkylation sites (N-methyl/N-ethyl adjacent to an activating group) is 1. The Kier molecular flexibility index (Phi) is 4.70. The van der Waals surface area contributed by atoms with Crippen LogP contribution in [0.5, 0.6) is 0 Å². The van der Waals surface area contributed by atoms with E-state index in [0.717, 1.165) is 26.3 Å². The molecule has 0 spiro atoms. The quantitative estimate of drug-likeness (QED) is 0.707. The van der Waals surface area contributed by atoms with Crippen molar-refractivity contribution in [1.82, 2.24) is 4.90 Å². The Hall–Kier alpha value is -0.120. The summed E-state index contributed by atoms with van der Waals surface area (Å²) >= 11 is 0. The smallest absolute Gasteiger partial charge is 0.0621 e. The number of hydrogen-bond donors (Lipinski definition) is 1. The molecule has 0 aromatic carbocycles. The van der Waals surface area contributed by atoms with Crippen molar-refractivity contribution < 1.29 is 4.74 Å². The molecule has 2 atom stereocenters. The van der Waals surface area contributed by atoms with E-state index in [-0.39, 0.29) is 0 Å². The Balaban J connectivity index is 2.43. The van der Waals surface area contributed by atoms with Crippen LogP contribution in [0.3, 0.4) is 0 Å². The third kappa shape index (κ3) is 2.93. The van der Waals surface area contributed by atoms with Crippen molar-refractivity contribution in [1.29, 1.82) is 0 Å². The minimum absolute atomic E-state index is 0.483. The molecule has 1 fully saturated rings. The predicted octanol–water partition coefficient (Wildman–Crippen LogP) is 0.834. The minimum atomic E-state index is 0.483. The molecule has 78 valence electrons. The Morgan fingerprint density at radius 1 is 1.62 bits per heavy atom. The SMILES string of the molecule is CCN(C(C)CN)C1CCCOC1. The first kappa shape index (κ1) is 11.0. The van der Waals surface area contributed by atoms with Crippen molar-refractivity contribution in [2.75, 3.05) is 26.3 Å². The minimum Gasteiger partial charge on any atom is -0.380 e. The Bertz CT molecular complexity index is 135. The highest BCUT2D eigenvalue weighted by Gasteiger charge is 2.23. The molecule has 13 heavy (non-hydrogen) atoms. The van der Waals surface area contributed by atoms with Crippen molar-refractivity contribution in [2.24, 2.45) is 5.73 Å². The molecule has 0 amide bonds. The van der Waals surface area contributed by atoms with Gasteiger partial charge in [-0.15, -0.1) is 0 Å². The van der Waals surface area contributed by atoms with Crippen molar-refractivity contribution in [3.63, 3.8) is 0 Å². The van der Waals surface area contributed by atoms with Gasteiger partial charge in [0.1, 0.15) is 0 Å². The number of rotatable bonds is 4. The Morgan fingerprint density at radius 2 is 2.38 bits per heavy atom. The first-order chi connectivity index (χ1) is 6.29. The monoisotopic (exact) mass is 186 g/mol. The number of hydrogen-bond acceptors (Lipinski definition) is 3. The van der Waals surface area contributed by atoms with Crippen molar-refractivity contribution in [3.8, 4) is 0 Å². The zero-order chi connectivity index (χ0) is 9.68. The standard InChI is InChI=1S/C10H22N2O/c1-3-12(9(2)7-11)10-5-4-6-13-8-10/h9-10H,3-8,11H2,1-2H3. The summed E-state index contributed by atoms with van der Waals surface area (Å²) in [6, 6.07) is 1.08. The maximum atomic E-state index is 5.67. The second kappa shape index (κ2) is 5.58. The molecule has 0 radical (unpaired) electrons. The molecular weight excluding hydrogens is 164 g/mol. The molecule has 0 aromatic rings. The van der Waals surface area contributed by atoms with Gasteiger partial charge >= 0.3 is 0 Å². The average molecular weight is 186 g/mol. The first-order valence-electron chi connectivity index (χ1n) is 5.33. The van der Waals surface area contributed by atoms with E-state index >= 15 is 0 Å². The fourth-order valence-corrected chi connectivity index (χ4v) is 2.05. The van der Waals surface area contributed by atoms with Gasteiger partial charge in [0.05, 0.1) is 6.61 Å². The van der Waals surface area contributed by atoms with Gasteiger partial charge in [-0.2, -0.15) is 0 Å². The van der Waals surface area contributed by atoms with Crippen molar-refractivity contribution >= 4 is 0 Å². The topological polar surface area (TPSA) is 38.5 Å². The van der Waals surface area contributed by atoms with Gasteiger partial charge in [0, 0.05) is 25.2 Å². The van der Waals surface area contributed by atoms with Crippen LogP contribution in [0.15, 0.2) is 0 Å². The summed E-state index contributed by atoms with van der Waals surface area (Å²) in [5.41, 5.74) is 5.67. The molecule has 1 rings (SSSR count). The summed E-state index contributed by atoms with van der Waals surface area (Å²) in [6.45, 7) is 8.03. The van der Waals surface area contributed by atoms with Crippen LogP contribution in [0.1, 0.15) is 26.7 Å². The highest BCUT2D eigenvalue weighted by atomic mass is 16.5. The van der Waals surface area contributed by atoms with Crippen molar-refractivity contribution in [2.45, 2.75) is 38.8 Å². The third-order valence-corrected chi connectivity index (χ3v) is 2.88. The molecule has 2 unspecified atom stereocenters. The third-order valence-electron chi connectivity index (χ3n) is 2.88. The Morgan fingerprint density at radius 3 is 2.85 bits per heavy atom. The second-order valence-electron chi connectivity index (χ2n) is 3.79. The fourth-order valence-electron chi connectivity index (χ4n) is 2.05. The van der Waals surface area contributed by atoms with Gasteiger partial charge in [-0.3, -0.25) is 4.90 Å². The lowest BCUT2D eigenvalue weighted by atomic mass is 10.1. The predicted molar refractivity (Wildman–Crippen MR) is 54.7 cm³/mol. The summed E-state index contributed by atoms with van der Waals surface area (Å²) in [5.74, 6) is 0. The van der Waals surface area contributed by atoms with Gasteiger partial charge < -0.3 is 10.5 Å². The molecule has 3 nitrogen and oxygen atoms in total. The summed E-state index contributed by atoms with van der Waals surface area (Å²) in [6.07, 6.45) is 2.45. The van der Waals surface area contributed by atoms with Crippen LogP contribution in [-0.4, -0.2) is 43.3 Å². The zero-order valence-electron chi connectivity index (χ0n) is 8.83. The first-order valence-corrected chi connectivity index (χ1v) is 5.33. The average Bonchev–Trinajstić information content (AvgIpc) is 2.20.